The molecule has 0 amide bonds. The molecule has 0 atom stereocenters. The Morgan fingerprint density at radius 2 is 2.00 bits per heavy atom. The lowest BCUT2D eigenvalue weighted by molar-refractivity contribution is 1.26. The second kappa shape index (κ2) is 6.57. The monoisotopic (exact) mass is 211 g/mol. The van der Waals surface area contributed by atoms with E-state index in [1.54, 1.807) is 0 Å². The van der Waals surface area contributed by atoms with E-state index in [9.17, 15) is 0 Å². The van der Waals surface area contributed by atoms with Gasteiger partial charge >= 0.3 is 0 Å². The zero-order valence-corrected chi connectivity index (χ0v) is 9.69. The van der Waals surface area contributed by atoms with Gasteiger partial charge in [0.1, 0.15) is 0 Å². The summed E-state index contributed by atoms with van der Waals surface area (Å²) in [6.07, 6.45) is 6.79. The minimum Gasteiger partial charge on any atom is -0.264 e. The number of hydrogen-bond donors (Lipinski definition) is 0. The molecule has 0 saturated heterocycles. The zero-order chi connectivity index (χ0) is 11.8. The SMILES string of the molecule is C=C/C(C/C=C\C)=C(/N=C)c1ccccc1. The van der Waals surface area contributed by atoms with Crippen LogP contribution < -0.4 is 0 Å². The maximum absolute atomic E-state index is 4.11. The summed E-state index contributed by atoms with van der Waals surface area (Å²) < 4.78 is 0. The van der Waals surface area contributed by atoms with Crippen LogP contribution in [-0.4, -0.2) is 6.72 Å². The predicted molar refractivity (Wildman–Crippen MR) is 72.5 cm³/mol. The Morgan fingerprint density at radius 3 is 2.50 bits per heavy atom. The summed E-state index contributed by atoms with van der Waals surface area (Å²) in [5, 5.41) is 0. The average molecular weight is 211 g/mol. The Kier molecular flexibility index (Phi) is 5.00. The lowest BCUT2D eigenvalue weighted by atomic mass is 10.0. The topological polar surface area (TPSA) is 12.4 Å². The quantitative estimate of drug-likeness (QED) is 0.392. The first-order chi connectivity index (χ1) is 7.83. The average Bonchev–Trinajstić information content (AvgIpc) is 2.35. The second-order valence-corrected chi connectivity index (χ2v) is 3.38. The molecule has 0 aliphatic rings. The fourth-order valence-corrected chi connectivity index (χ4v) is 1.50. The van der Waals surface area contributed by atoms with Crippen LogP contribution in [0.1, 0.15) is 18.9 Å². The van der Waals surface area contributed by atoms with Crippen molar-refractivity contribution in [2.45, 2.75) is 13.3 Å². The van der Waals surface area contributed by atoms with Gasteiger partial charge in [-0.15, -0.1) is 0 Å². The van der Waals surface area contributed by atoms with Gasteiger partial charge in [0.25, 0.3) is 0 Å². The van der Waals surface area contributed by atoms with Crippen LogP contribution in [0.25, 0.3) is 5.70 Å². The highest BCUT2D eigenvalue weighted by Crippen LogP contribution is 2.22. The van der Waals surface area contributed by atoms with E-state index in [-0.39, 0.29) is 0 Å². The van der Waals surface area contributed by atoms with E-state index < -0.39 is 0 Å². The van der Waals surface area contributed by atoms with Crippen molar-refractivity contribution in [3.63, 3.8) is 0 Å². The smallest absolute Gasteiger partial charge is 0.0729 e. The second-order valence-electron chi connectivity index (χ2n) is 3.38. The Labute approximate surface area is 97.5 Å². The lowest BCUT2D eigenvalue weighted by Crippen LogP contribution is -1.86. The third-order valence-electron chi connectivity index (χ3n) is 2.33. The number of hydrogen-bond acceptors (Lipinski definition) is 1. The highest BCUT2D eigenvalue weighted by Gasteiger charge is 2.03. The molecule has 16 heavy (non-hydrogen) atoms. The summed E-state index contributed by atoms with van der Waals surface area (Å²) in [4.78, 5) is 4.11. The van der Waals surface area contributed by atoms with Crippen LogP contribution in [0.3, 0.4) is 0 Å². The summed E-state index contributed by atoms with van der Waals surface area (Å²) in [5.41, 5.74) is 3.09. The van der Waals surface area contributed by atoms with Crippen molar-refractivity contribution in [1.29, 1.82) is 0 Å². The molecule has 0 aromatic heterocycles. The largest absolute Gasteiger partial charge is 0.264 e. The van der Waals surface area contributed by atoms with E-state index in [1.165, 1.54) is 0 Å². The third-order valence-corrected chi connectivity index (χ3v) is 2.33. The van der Waals surface area contributed by atoms with E-state index in [2.05, 4.69) is 24.4 Å². The van der Waals surface area contributed by atoms with Gasteiger partial charge in [0.15, 0.2) is 0 Å². The number of benzene rings is 1. The van der Waals surface area contributed by atoms with Crippen molar-refractivity contribution in [2.75, 3.05) is 0 Å². The molecule has 1 rings (SSSR count). The minimum absolute atomic E-state index is 0.837. The first kappa shape index (κ1) is 12.2. The van der Waals surface area contributed by atoms with Gasteiger partial charge in [0.2, 0.25) is 0 Å². The van der Waals surface area contributed by atoms with Gasteiger partial charge in [-0.25, -0.2) is 0 Å². The predicted octanol–water partition coefficient (Wildman–Crippen LogP) is 4.25. The number of rotatable bonds is 5. The highest BCUT2D eigenvalue weighted by atomic mass is 14.7. The van der Waals surface area contributed by atoms with Gasteiger partial charge in [-0.05, 0) is 25.6 Å². The molecule has 82 valence electrons. The minimum atomic E-state index is 0.837. The van der Waals surface area contributed by atoms with Crippen LogP contribution in [0.4, 0.5) is 0 Å². The first-order valence-electron chi connectivity index (χ1n) is 5.32. The van der Waals surface area contributed by atoms with E-state index in [1.807, 2.05) is 49.4 Å². The third kappa shape index (κ3) is 3.06. The molecular formula is C15H17N. The summed E-state index contributed by atoms with van der Waals surface area (Å²) in [6.45, 7) is 9.47. The molecule has 0 radical (unpaired) electrons. The molecule has 0 fully saturated rings. The Morgan fingerprint density at radius 1 is 1.31 bits per heavy atom. The summed E-state index contributed by atoms with van der Waals surface area (Å²) in [7, 11) is 0. The Balaban J connectivity index is 3.15. The molecule has 0 N–H and O–H groups in total. The Bertz CT molecular complexity index is 410. The van der Waals surface area contributed by atoms with Crippen LogP contribution >= 0.6 is 0 Å². The van der Waals surface area contributed by atoms with E-state index in [0.717, 1.165) is 23.3 Å². The van der Waals surface area contributed by atoms with Gasteiger partial charge in [-0.3, -0.25) is 4.99 Å². The molecule has 0 bridgehead atoms. The molecule has 0 spiro atoms. The fourth-order valence-electron chi connectivity index (χ4n) is 1.50. The van der Waals surface area contributed by atoms with Crippen LogP contribution in [0.2, 0.25) is 0 Å². The van der Waals surface area contributed by atoms with Crippen LogP contribution in [-0.2, 0) is 0 Å². The summed E-state index contributed by atoms with van der Waals surface area (Å²) >= 11 is 0. The molecule has 0 unspecified atom stereocenters. The van der Waals surface area contributed by atoms with Crippen LogP contribution in [0.5, 0.6) is 0 Å². The molecule has 1 heteroatoms. The number of aliphatic imine (C=N–C) groups is 1. The lowest BCUT2D eigenvalue weighted by Gasteiger charge is -2.06. The fraction of sp³-hybridized carbons (Fsp3) is 0.133. The van der Waals surface area contributed by atoms with E-state index >= 15 is 0 Å². The van der Waals surface area contributed by atoms with Crippen molar-refractivity contribution >= 4 is 12.4 Å². The maximum Gasteiger partial charge on any atom is 0.0729 e. The van der Waals surface area contributed by atoms with Gasteiger partial charge in [-0.1, -0.05) is 55.1 Å². The van der Waals surface area contributed by atoms with E-state index in [4.69, 9.17) is 0 Å². The molecule has 0 aliphatic heterocycles. The summed E-state index contributed by atoms with van der Waals surface area (Å²) in [6, 6.07) is 10.0. The van der Waals surface area contributed by atoms with Gasteiger partial charge < -0.3 is 0 Å². The van der Waals surface area contributed by atoms with Crippen molar-refractivity contribution in [2.24, 2.45) is 4.99 Å². The highest BCUT2D eigenvalue weighted by molar-refractivity contribution is 5.72. The molecule has 0 heterocycles. The van der Waals surface area contributed by atoms with Gasteiger partial charge in [-0.2, -0.15) is 0 Å². The number of nitrogens with zero attached hydrogens (tertiary/aromatic N) is 1. The molecule has 1 nitrogen and oxygen atoms in total. The van der Waals surface area contributed by atoms with Crippen LogP contribution in [0.15, 0.2) is 65.7 Å². The molecule has 1 aromatic carbocycles. The van der Waals surface area contributed by atoms with Crippen molar-refractivity contribution in [1.82, 2.24) is 0 Å². The Hall–Kier alpha value is -1.89. The standard InChI is InChI=1S/C15H17N/c1-4-6-10-13(5-2)15(16-3)14-11-8-7-9-12-14/h4-9,11-12H,2-3,10H2,1H3/b6-4-,15-13-. The van der Waals surface area contributed by atoms with Gasteiger partial charge in [0.05, 0.1) is 5.70 Å². The molecule has 0 aliphatic carbocycles. The van der Waals surface area contributed by atoms with Crippen LogP contribution in [0, 0.1) is 0 Å². The summed E-state index contributed by atoms with van der Waals surface area (Å²) in [5.74, 6) is 0. The van der Waals surface area contributed by atoms with Crippen molar-refractivity contribution in [3.05, 3.63) is 66.3 Å². The molecular weight excluding hydrogens is 194 g/mol. The van der Waals surface area contributed by atoms with Gasteiger partial charge in [0, 0.05) is 5.56 Å². The van der Waals surface area contributed by atoms with Crippen molar-refractivity contribution in [3.8, 4) is 0 Å². The molecule has 1 aromatic rings. The zero-order valence-electron chi connectivity index (χ0n) is 9.69. The number of allylic oxidation sites excluding steroid dienone is 4. The normalized spacial score (nSPS) is 12.3. The molecule has 0 saturated carbocycles. The van der Waals surface area contributed by atoms with Crippen molar-refractivity contribution < 1.29 is 0 Å². The van der Waals surface area contributed by atoms with E-state index in [0.29, 0.717) is 0 Å². The maximum atomic E-state index is 4.11. The first-order valence-corrected chi connectivity index (χ1v) is 5.32.